The Hall–Kier alpha value is -3.65. The van der Waals surface area contributed by atoms with Crippen molar-refractivity contribution in [2.75, 3.05) is 11.8 Å². The Morgan fingerprint density at radius 1 is 0.900 bits per heavy atom. The fourth-order valence-electron chi connectivity index (χ4n) is 3.48. The third-order valence-corrected chi connectivity index (χ3v) is 6.41. The van der Waals surface area contributed by atoms with Gasteiger partial charge in [-0.1, -0.05) is 60.7 Å². The van der Waals surface area contributed by atoms with E-state index in [1.807, 2.05) is 18.2 Å². The summed E-state index contributed by atoms with van der Waals surface area (Å²) in [6.07, 6.45) is 0. The predicted molar refractivity (Wildman–Crippen MR) is 115 cm³/mol. The van der Waals surface area contributed by atoms with E-state index in [0.29, 0.717) is 16.8 Å². The minimum Gasteiger partial charge on any atom is -0.369 e. The number of likely N-dealkylation sites (N-methyl/N-ethyl adjacent to an activating group) is 1. The summed E-state index contributed by atoms with van der Waals surface area (Å²) in [5, 5.41) is 0. The molecule has 0 fully saturated rings. The topological polar surface area (TPSA) is 105 Å². The van der Waals surface area contributed by atoms with Crippen LogP contribution in [0.3, 0.4) is 0 Å². The molecule has 1 unspecified atom stereocenters. The quantitative estimate of drug-likeness (QED) is 0.662. The first-order chi connectivity index (χ1) is 14.3. The molecule has 152 valence electrons. The lowest BCUT2D eigenvalue weighted by Gasteiger charge is -2.26. The summed E-state index contributed by atoms with van der Waals surface area (Å²) < 4.78 is 28.0. The lowest BCUT2D eigenvalue weighted by molar-refractivity contribution is -0.129. The average molecular weight is 420 g/mol. The molecule has 3 aromatic rings. The molecule has 8 heteroatoms. The van der Waals surface area contributed by atoms with E-state index in [0.717, 1.165) is 0 Å². The molecule has 4 rings (SSSR count). The van der Waals surface area contributed by atoms with Crippen LogP contribution in [-0.4, -0.2) is 32.2 Å². The van der Waals surface area contributed by atoms with Crippen LogP contribution in [0.5, 0.6) is 0 Å². The number of rotatable bonds is 5. The number of amides is 1. The number of carbonyl (C=O) groups excluding carboxylic acids is 1. The summed E-state index contributed by atoms with van der Waals surface area (Å²) in [6.45, 7) is 0. The molecular formula is C22H20N4O3S. The first-order valence-electron chi connectivity index (χ1n) is 9.22. The van der Waals surface area contributed by atoms with Crippen molar-refractivity contribution >= 4 is 27.6 Å². The van der Waals surface area contributed by atoms with Crippen LogP contribution in [0.2, 0.25) is 0 Å². The van der Waals surface area contributed by atoms with Crippen molar-refractivity contribution in [1.82, 2.24) is 4.90 Å². The van der Waals surface area contributed by atoms with E-state index in [1.54, 1.807) is 61.6 Å². The van der Waals surface area contributed by atoms with Gasteiger partial charge in [-0.3, -0.25) is 14.4 Å². The van der Waals surface area contributed by atoms with Crippen LogP contribution in [-0.2, 0) is 20.4 Å². The number of nitrogens with zero attached hydrogens (tertiary/aromatic N) is 2. The van der Waals surface area contributed by atoms with Crippen molar-refractivity contribution in [3.05, 3.63) is 96.1 Å². The number of aliphatic imine (C=N–C) groups is 1. The molecule has 0 saturated heterocycles. The highest BCUT2D eigenvalue weighted by Gasteiger charge is 2.49. The molecule has 1 aliphatic heterocycles. The van der Waals surface area contributed by atoms with E-state index in [4.69, 9.17) is 5.73 Å². The number of hydrogen-bond acceptors (Lipinski definition) is 5. The summed E-state index contributed by atoms with van der Waals surface area (Å²) in [7, 11) is -2.22. The van der Waals surface area contributed by atoms with Crippen LogP contribution in [0.15, 0.2) is 94.8 Å². The molecule has 1 atom stereocenters. The Bertz CT molecular complexity index is 1230. The van der Waals surface area contributed by atoms with Crippen molar-refractivity contribution in [1.29, 1.82) is 0 Å². The Morgan fingerprint density at radius 2 is 1.50 bits per heavy atom. The van der Waals surface area contributed by atoms with Gasteiger partial charge in [0.05, 0.1) is 4.90 Å². The van der Waals surface area contributed by atoms with Gasteiger partial charge in [0, 0.05) is 12.7 Å². The van der Waals surface area contributed by atoms with Gasteiger partial charge in [-0.2, -0.15) is 0 Å². The molecule has 1 heterocycles. The van der Waals surface area contributed by atoms with Gasteiger partial charge in [0.15, 0.2) is 11.5 Å². The summed E-state index contributed by atoms with van der Waals surface area (Å²) in [5.74, 6) is -0.214. The summed E-state index contributed by atoms with van der Waals surface area (Å²) in [4.78, 5) is 19.2. The van der Waals surface area contributed by atoms with Gasteiger partial charge < -0.3 is 5.73 Å². The number of nitrogens with one attached hydrogen (secondary N) is 1. The molecule has 1 amide bonds. The minimum absolute atomic E-state index is 0.0964. The van der Waals surface area contributed by atoms with Gasteiger partial charge in [-0.25, -0.2) is 13.4 Å². The molecule has 3 N–H and O–H groups in total. The van der Waals surface area contributed by atoms with Crippen LogP contribution < -0.4 is 10.5 Å². The van der Waals surface area contributed by atoms with Crippen LogP contribution in [0.4, 0.5) is 5.69 Å². The van der Waals surface area contributed by atoms with Crippen LogP contribution in [0.25, 0.3) is 0 Å². The van der Waals surface area contributed by atoms with Crippen molar-refractivity contribution in [2.45, 2.75) is 10.4 Å². The molecule has 30 heavy (non-hydrogen) atoms. The first kappa shape index (κ1) is 19.7. The summed E-state index contributed by atoms with van der Waals surface area (Å²) in [6, 6.07) is 23.8. The highest BCUT2D eigenvalue weighted by molar-refractivity contribution is 7.92. The van der Waals surface area contributed by atoms with Gasteiger partial charge in [-0.15, -0.1) is 0 Å². The molecule has 0 spiro atoms. The standard InChI is InChI=1S/C22H20N4O3S/c1-26-20(27)22(24-21(26)23,16-9-4-2-5-10-16)17-11-8-12-18(15-17)25-30(28,29)19-13-6-3-7-14-19/h2-15,25H,1H3,(H2,23,24). The van der Waals surface area contributed by atoms with Crippen molar-refractivity contribution < 1.29 is 13.2 Å². The van der Waals surface area contributed by atoms with Crippen LogP contribution >= 0.6 is 0 Å². The summed E-state index contributed by atoms with van der Waals surface area (Å²) >= 11 is 0. The Balaban J connectivity index is 1.81. The number of benzene rings is 3. The zero-order valence-electron chi connectivity index (χ0n) is 16.2. The number of guanidine groups is 1. The monoisotopic (exact) mass is 420 g/mol. The smallest absolute Gasteiger partial charge is 0.266 e. The third-order valence-electron chi connectivity index (χ3n) is 5.02. The Labute approximate surface area is 174 Å². The van der Waals surface area contributed by atoms with Gasteiger partial charge >= 0.3 is 0 Å². The molecule has 7 nitrogen and oxygen atoms in total. The SMILES string of the molecule is CN1C(=O)C(c2ccccc2)(c2cccc(NS(=O)(=O)c3ccccc3)c2)N=C1N. The molecule has 1 aliphatic rings. The molecule has 0 aliphatic carbocycles. The number of sulfonamides is 1. The average Bonchev–Trinajstić information content (AvgIpc) is 3.00. The molecule has 3 aromatic carbocycles. The van der Waals surface area contributed by atoms with E-state index < -0.39 is 15.6 Å². The normalized spacial score (nSPS) is 18.9. The highest BCUT2D eigenvalue weighted by Crippen LogP contribution is 2.40. The van der Waals surface area contributed by atoms with Crippen LogP contribution in [0, 0.1) is 0 Å². The lowest BCUT2D eigenvalue weighted by atomic mass is 9.82. The van der Waals surface area contributed by atoms with E-state index in [2.05, 4.69) is 9.71 Å². The molecule has 0 saturated carbocycles. The van der Waals surface area contributed by atoms with E-state index in [-0.39, 0.29) is 16.8 Å². The molecule has 0 aromatic heterocycles. The Morgan fingerprint density at radius 3 is 2.10 bits per heavy atom. The van der Waals surface area contributed by atoms with Crippen molar-refractivity contribution in [3.63, 3.8) is 0 Å². The van der Waals surface area contributed by atoms with Crippen LogP contribution in [0.1, 0.15) is 11.1 Å². The van der Waals surface area contributed by atoms with Gasteiger partial charge in [0.1, 0.15) is 0 Å². The second-order valence-corrected chi connectivity index (χ2v) is 8.59. The fourth-order valence-corrected chi connectivity index (χ4v) is 4.56. The molecule has 0 bridgehead atoms. The van der Waals surface area contributed by atoms with Gasteiger partial charge in [0.2, 0.25) is 0 Å². The van der Waals surface area contributed by atoms with Gasteiger partial charge in [0.25, 0.3) is 15.9 Å². The lowest BCUT2D eigenvalue weighted by Crippen LogP contribution is -2.41. The fraction of sp³-hybridized carbons (Fsp3) is 0.0909. The van der Waals surface area contributed by atoms with Crippen molar-refractivity contribution in [2.24, 2.45) is 10.7 Å². The second-order valence-electron chi connectivity index (χ2n) is 6.91. The van der Waals surface area contributed by atoms with E-state index >= 15 is 0 Å². The minimum atomic E-state index is -3.78. The molecular weight excluding hydrogens is 400 g/mol. The zero-order chi connectivity index (χ0) is 21.4. The second kappa shape index (κ2) is 7.31. The van der Waals surface area contributed by atoms with Gasteiger partial charge in [-0.05, 0) is 35.4 Å². The maximum Gasteiger partial charge on any atom is 0.266 e. The van der Waals surface area contributed by atoms with E-state index in [9.17, 15) is 13.2 Å². The zero-order valence-corrected chi connectivity index (χ0v) is 17.0. The predicted octanol–water partition coefficient (Wildman–Crippen LogP) is 2.52. The maximum atomic E-state index is 13.2. The number of hydrogen-bond donors (Lipinski definition) is 2. The number of carbonyl (C=O) groups is 1. The van der Waals surface area contributed by atoms with Crippen molar-refractivity contribution in [3.8, 4) is 0 Å². The maximum absolute atomic E-state index is 13.2. The highest BCUT2D eigenvalue weighted by atomic mass is 32.2. The Kier molecular flexibility index (Phi) is 4.79. The molecule has 0 radical (unpaired) electrons. The van der Waals surface area contributed by atoms with E-state index in [1.165, 1.54) is 17.0 Å². The third kappa shape index (κ3) is 3.21. The number of nitrogens with two attached hydrogens (primary N) is 1. The first-order valence-corrected chi connectivity index (χ1v) is 10.7. The largest absolute Gasteiger partial charge is 0.369 e. The number of anilines is 1. The summed E-state index contributed by atoms with van der Waals surface area (Å²) in [5.41, 5.74) is 6.08.